The van der Waals surface area contributed by atoms with Crippen LogP contribution in [0.3, 0.4) is 0 Å². The number of aliphatic imine (C=N–C) groups is 1. The van der Waals surface area contributed by atoms with Gasteiger partial charge in [-0.1, -0.05) is 13.3 Å². The largest absolute Gasteiger partial charge is 0.242 e. The van der Waals surface area contributed by atoms with E-state index >= 15 is 0 Å². The van der Waals surface area contributed by atoms with Crippen molar-refractivity contribution in [1.29, 1.82) is 5.41 Å². The fraction of sp³-hybridized carbons (Fsp3) is 0.857. The van der Waals surface area contributed by atoms with E-state index in [0.717, 1.165) is 12.8 Å². The molecule has 0 saturated carbocycles. The molecule has 0 aromatic rings. The smallest absolute Gasteiger partial charge is 0.0862 e. The van der Waals surface area contributed by atoms with Gasteiger partial charge in [0.05, 0.1) is 23.3 Å². The molecule has 1 N–H and O–H groups in total. The molecule has 0 saturated heterocycles. The van der Waals surface area contributed by atoms with Crippen LogP contribution in [0.25, 0.3) is 0 Å². The number of hydrogen-bond donors (Lipinski definition) is 1. The minimum Gasteiger partial charge on any atom is -0.242 e. The van der Waals surface area contributed by atoms with Gasteiger partial charge in [0.1, 0.15) is 0 Å². The molecule has 4 heteroatoms. The summed E-state index contributed by atoms with van der Waals surface area (Å²) in [6.07, 6.45) is 1.91. The fourth-order valence-electron chi connectivity index (χ4n) is 0.704. The maximum atomic E-state index is 6.52. The number of alkyl halides is 2. The van der Waals surface area contributed by atoms with Crippen LogP contribution in [0.1, 0.15) is 19.8 Å². The van der Waals surface area contributed by atoms with Crippen LogP contribution in [0.4, 0.5) is 0 Å². The first-order chi connectivity index (χ1) is 5.22. The van der Waals surface area contributed by atoms with Crippen molar-refractivity contribution in [2.24, 2.45) is 4.99 Å². The predicted octanol–water partition coefficient (Wildman–Crippen LogP) is 2.75. The molecule has 0 aromatic heterocycles. The average molecular weight is 195 g/mol. The van der Waals surface area contributed by atoms with Crippen molar-refractivity contribution >= 4 is 29.2 Å². The molecular weight excluding hydrogens is 183 g/mol. The zero-order chi connectivity index (χ0) is 8.69. The van der Waals surface area contributed by atoms with Crippen molar-refractivity contribution in [3.63, 3.8) is 0 Å². The predicted molar refractivity (Wildman–Crippen MR) is 49.2 cm³/mol. The molecule has 11 heavy (non-hydrogen) atoms. The summed E-state index contributed by atoms with van der Waals surface area (Å²) in [6.45, 7) is 2.44. The first-order valence-electron chi connectivity index (χ1n) is 3.58. The number of hydrogen-bond acceptors (Lipinski definition) is 2. The summed E-state index contributed by atoms with van der Waals surface area (Å²) in [5, 5.41) is 6.31. The second kappa shape index (κ2) is 6.66. The van der Waals surface area contributed by atoms with Gasteiger partial charge in [0.25, 0.3) is 0 Å². The van der Waals surface area contributed by atoms with Crippen molar-refractivity contribution in [1.82, 2.24) is 0 Å². The van der Waals surface area contributed by atoms with Crippen LogP contribution < -0.4 is 0 Å². The molecule has 0 radical (unpaired) electrons. The van der Waals surface area contributed by atoms with Gasteiger partial charge >= 0.3 is 0 Å². The molecule has 0 aliphatic carbocycles. The van der Waals surface area contributed by atoms with Crippen molar-refractivity contribution in [2.75, 3.05) is 6.54 Å². The van der Waals surface area contributed by atoms with Gasteiger partial charge < -0.3 is 0 Å². The molecule has 0 aromatic carbocycles. The normalized spacial score (nSPS) is 15.2. The van der Waals surface area contributed by atoms with E-state index in [-0.39, 0.29) is 10.8 Å². The van der Waals surface area contributed by atoms with E-state index < -0.39 is 0 Å². The number of nitrogens with one attached hydrogen (secondary N) is 1. The quantitative estimate of drug-likeness (QED) is 0.517. The maximum absolute atomic E-state index is 6.52. The second-order valence-corrected chi connectivity index (χ2v) is 3.39. The lowest BCUT2D eigenvalue weighted by Gasteiger charge is -2.11. The Hall–Kier alpha value is -0.0400. The Labute approximate surface area is 77.1 Å². The van der Waals surface area contributed by atoms with Gasteiger partial charge in [0.2, 0.25) is 0 Å². The Morgan fingerprint density at radius 3 is 2.55 bits per heavy atom. The van der Waals surface area contributed by atoms with E-state index in [1.807, 2.05) is 6.01 Å². The molecule has 0 fully saturated rings. The Kier molecular flexibility index (Phi) is 6.63. The van der Waals surface area contributed by atoms with E-state index in [2.05, 4.69) is 11.9 Å². The van der Waals surface area contributed by atoms with Crippen LogP contribution >= 0.6 is 23.2 Å². The third kappa shape index (κ3) is 5.25. The van der Waals surface area contributed by atoms with Gasteiger partial charge in [-0.15, -0.1) is 23.2 Å². The van der Waals surface area contributed by atoms with Crippen molar-refractivity contribution in [3.8, 4) is 0 Å². The molecule has 2 nitrogen and oxygen atoms in total. The third-order valence-corrected chi connectivity index (χ3v) is 2.40. The Balaban J connectivity index is 3.62. The first-order valence-corrected chi connectivity index (χ1v) is 4.46. The molecule has 2 unspecified atom stereocenters. The lowest BCUT2D eigenvalue weighted by Crippen LogP contribution is -2.17. The maximum Gasteiger partial charge on any atom is 0.0862 e. The van der Waals surface area contributed by atoms with Crippen LogP contribution in [0.2, 0.25) is 0 Å². The lowest BCUT2D eigenvalue weighted by atomic mass is 10.2. The zero-order valence-electron chi connectivity index (χ0n) is 6.48. The van der Waals surface area contributed by atoms with Crippen LogP contribution in [-0.4, -0.2) is 23.3 Å². The highest BCUT2D eigenvalue weighted by molar-refractivity contribution is 6.30. The summed E-state index contributed by atoms with van der Waals surface area (Å²) in [7, 11) is 0. The minimum absolute atomic E-state index is 0.0428. The Morgan fingerprint density at radius 1 is 1.45 bits per heavy atom. The summed E-state index contributed by atoms with van der Waals surface area (Å²) >= 11 is 11.7. The van der Waals surface area contributed by atoms with Gasteiger partial charge in [0.15, 0.2) is 0 Å². The number of rotatable bonds is 5. The van der Waals surface area contributed by atoms with Crippen molar-refractivity contribution < 1.29 is 0 Å². The standard InChI is InChI=1S/C7H12Cl2N2/c1-2-3-6(8)7(9)4-11-5-10/h6-7,10H,2-4H2,1H3. The van der Waals surface area contributed by atoms with E-state index in [0.29, 0.717) is 6.54 Å². The van der Waals surface area contributed by atoms with Crippen molar-refractivity contribution in [2.45, 2.75) is 30.5 Å². The molecule has 0 rings (SSSR count). The Morgan fingerprint density at radius 2 is 2.09 bits per heavy atom. The molecular formula is C7H12Cl2N2. The van der Waals surface area contributed by atoms with Crippen LogP contribution in [-0.2, 0) is 0 Å². The van der Waals surface area contributed by atoms with E-state index in [9.17, 15) is 0 Å². The van der Waals surface area contributed by atoms with Gasteiger partial charge in [-0.05, 0) is 6.42 Å². The SMILES string of the molecule is CCCC(Cl)C(Cl)CN=C=N. The molecule has 0 aliphatic heterocycles. The van der Waals surface area contributed by atoms with E-state index in [1.165, 1.54) is 0 Å². The van der Waals surface area contributed by atoms with Crippen LogP contribution in [0, 0.1) is 5.41 Å². The summed E-state index contributed by atoms with van der Waals surface area (Å²) < 4.78 is 0. The molecule has 0 aliphatic rings. The molecule has 0 bridgehead atoms. The summed E-state index contributed by atoms with van der Waals surface area (Å²) in [5.41, 5.74) is 0. The topological polar surface area (TPSA) is 36.2 Å². The van der Waals surface area contributed by atoms with Gasteiger partial charge in [-0.3, -0.25) is 0 Å². The monoisotopic (exact) mass is 194 g/mol. The second-order valence-electron chi connectivity index (χ2n) is 2.27. The Bertz CT molecular complexity index is 143. The highest BCUT2D eigenvalue weighted by atomic mass is 35.5. The van der Waals surface area contributed by atoms with Gasteiger partial charge in [-0.2, -0.15) is 0 Å². The lowest BCUT2D eigenvalue weighted by molar-refractivity contribution is 0.691. The highest BCUT2D eigenvalue weighted by Crippen LogP contribution is 2.15. The van der Waals surface area contributed by atoms with Gasteiger partial charge in [0, 0.05) is 0 Å². The number of nitrogens with zero attached hydrogens (tertiary/aromatic N) is 1. The van der Waals surface area contributed by atoms with Crippen LogP contribution in [0.15, 0.2) is 4.99 Å². The van der Waals surface area contributed by atoms with Gasteiger partial charge in [-0.25, -0.2) is 10.4 Å². The zero-order valence-corrected chi connectivity index (χ0v) is 7.99. The minimum atomic E-state index is -0.172. The number of halogens is 2. The summed E-state index contributed by atoms with van der Waals surface area (Å²) in [6, 6.07) is 1.93. The fourth-order valence-corrected chi connectivity index (χ4v) is 1.20. The molecule has 0 spiro atoms. The summed E-state index contributed by atoms with van der Waals surface area (Å²) in [5.74, 6) is 0. The molecule has 2 atom stereocenters. The summed E-state index contributed by atoms with van der Waals surface area (Å²) in [4.78, 5) is 3.58. The molecule has 64 valence electrons. The van der Waals surface area contributed by atoms with E-state index in [1.54, 1.807) is 0 Å². The molecule has 0 heterocycles. The third-order valence-electron chi connectivity index (χ3n) is 1.30. The highest BCUT2D eigenvalue weighted by Gasteiger charge is 2.14. The first kappa shape index (κ1) is 11.0. The van der Waals surface area contributed by atoms with Crippen molar-refractivity contribution in [3.05, 3.63) is 0 Å². The van der Waals surface area contributed by atoms with Crippen LogP contribution in [0.5, 0.6) is 0 Å². The van der Waals surface area contributed by atoms with E-state index in [4.69, 9.17) is 28.6 Å². The molecule has 0 amide bonds. The average Bonchev–Trinajstić information content (AvgIpc) is 2.00.